The molecule has 1 N–H and O–H groups in total. The van der Waals surface area contributed by atoms with Crippen molar-refractivity contribution < 1.29 is 14.3 Å². The first-order chi connectivity index (χ1) is 16.7. The van der Waals surface area contributed by atoms with Gasteiger partial charge in [0, 0.05) is 25.0 Å². The van der Waals surface area contributed by atoms with Gasteiger partial charge >= 0.3 is 0 Å². The fourth-order valence-corrected chi connectivity index (χ4v) is 4.12. The van der Waals surface area contributed by atoms with Crippen molar-refractivity contribution in [3.63, 3.8) is 0 Å². The highest BCUT2D eigenvalue weighted by Crippen LogP contribution is 2.32. The van der Waals surface area contributed by atoms with Crippen LogP contribution in [0.1, 0.15) is 27.9 Å². The number of fused-ring (bicyclic) bond motifs is 1. The van der Waals surface area contributed by atoms with Crippen LogP contribution in [0.15, 0.2) is 97.2 Å². The Morgan fingerprint density at radius 2 is 1.53 bits per heavy atom. The highest BCUT2D eigenvalue weighted by molar-refractivity contribution is 6.02. The lowest BCUT2D eigenvalue weighted by atomic mass is 10.0. The lowest BCUT2D eigenvalue weighted by molar-refractivity contribution is -0.136. The number of ether oxygens (including phenoxy) is 1. The lowest BCUT2D eigenvalue weighted by Crippen LogP contribution is -2.44. The van der Waals surface area contributed by atoms with E-state index in [9.17, 15) is 9.59 Å². The van der Waals surface area contributed by atoms with Crippen molar-refractivity contribution in [1.29, 1.82) is 0 Å². The van der Waals surface area contributed by atoms with Crippen LogP contribution in [0.3, 0.4) is 0 Å². The third-order valence-electron chi connectivity index (χ3n) is 5.75. The maximum absolute atomic E-state index is 13.2. The first-order valence-electron chi connectivity index (χ1n) is 11.1. The number of nitrogens with zero attached hydrogens (tertiary/aromatic N) is 3. The third-order valence-corrected chi connectivity index (χ3v) is 5.75. The number of nitrogens with one attached hydrogen (secondary N) is 1. The highest BCUT2D eigenvalue weighted by Gasteiger charge is 2.35. The summed E-state index contributed by atoms with van der Waals surface area (Å²) in [6, 6.07) is 27.9. The van der Waals surface area contributed by atoms with E-state index in [2.05, 4.69) is 10.3 Å². The minimum atomic E-state index is -0.417. The molecule has 0 saturated heterocycles. The summed E-state index contributed by atoms with van der Waals surface area (Å²) < 4.78 is 7.68. The molecule has 0 fully saturated rings. The van der Waals surface area contributed by atoms with Crippen LogP contribution in [0.4, 0.5) is 5.69 Å². The van der Waals surface area contributed by atoms with Gasteiger partial charge < -0.3 is 19.5 Å². The second-order valence-electron chi connectivity index (χ2n) is 8.00. The van der Waals surface area contributed by atoms with Crippen LogP contribution in [-0.4, -0.2) is 39.4 Å². The second kappa shape index (κ2) is 9.62. The molecule has 1 aliphatic heterocycles. The number of hydrogen-bond donors (Lipinski definition) is 1. The summed E-state index contributed by atoms with van der Waals surface area (Å²) in [7, 11) is 0. The Labute approximate surface area is 197 Å². The Balaban J connectivity index is 1.41. The number of imidazole rings is 1. The smallest absolute Gasteiger partial charge is 0.275 e. The molecule has 2 heterocycles. The van der Waals surface area contributed by atoms with Crippen LogP contribution in [0.5, 0.6) is 5.75 Å². The molecule has 1 atom stereocenters. The number of aromatic nitrogens is 2. The number of amides is 2. The van der Waals surface area contributed by atoms with Crippen LogP contribution in [0, 0.1) is 0 Å². The van der Waals surface area contributed by atoms with Gasteiger partial charge in [-0.1, -0.05) is 66.7 Å². The Hall–Kier alpha value is -4.39. The second-order valence-corrected chi connectivity index (χ2v) is 8.00. The maximum atomic E-state index is 13.2. The van der Waals surface area contributed by atoms with Crippen molar-refractivity contribution in [1.82, 2.24) is 14.5 Å². The van der Waals surface area contributed by atoms with Crippen molar-refractivity contribution in [2.75, 3.05) is 18.5 Å². The molecular weight excluding hydrogens is 428 g/mol. The molecule has 2 amide bonds. The Morgan fingerprint density at radius 1 is 0.882 bits per heavy atom. The van der Waals surface area contributed by atoms with Crippen LogP contribution in [0.25, 0.3) is 0 Å². The lowest BCUT2D eigenvalue weighted by Gasteiger charge is -2.36. The molecule has 0 aliphatic carbocycles. The molecular formula is C27H24N4O3. The van der Waals surface area contributed by atoms with Gasteiger partial charge in [-0.25, -0.2) is 4.98 Å². The van der Waals surface area contributed by atoms with Gasteiger partial charge in [-0.05, 0) is 29.8 Å². The molecule has 1 aliphatic rings. The van der Waals surface area contributed by atoms with Crippen molar-refractivity contribution in [2.24, 2.45) is 0 Å². The van der Waals surface area contributed by atoms with Gasteiger partial charge in [0.05, 0.1) is 0 Å². The van der Waals surface area contributed by atoms with Gasteiger partial charge in [0.25, 0.3) is 11.8 Å². The zero-order chi connectivity index (χ0) is 23.3. The average molecular weight is 453 g/mol. The van der Waals surface area contributed by atoms with Crippen molar-refractivity contribution in [2.45, 2.75) is 12.6 Å². The van der Waals surface area contributed by atoms with Gasteiger partial charge in [-0.2, -0.15) is 0 Å². The van der Waals surface area contributed by atoms with E-state index in [0.29, 0.717) is 36.0 Å². The fraction of sp³-hybridized carbons (Fsp3) is 0.148. The molecule has 1 aromatic heterocycles. The number of rotatable bonds is 6. The quantitative estimate of drug-likeness (QED) is 0.477. The van der Waals surface area contributed by atoms with E-state index < -0.39 is 6.04 Å². The summed E-state index contributed by atoms with van der Waals surface area (Å²) in [5, 5.41) is 2.88. The molecule has 1 unspecified atom stereocenters. The molecule has 4 aromatic rings. The summed E-state index contributed by atoms with van der Waals surface area (Å²) in [5.74, 6) is 0.877. The molecule has 3 aromatic carbocycles. The number of hydrogen-bond acceptors (Lipinski definition) is 4. The summed E-state index contributed by atoms with van der Waals surface area (Å²) in [6.07, 6.45) is 1.76. The van der Waals surface area contributed by atoms with E-state index in [1.165, 1.54) is 0 Å². The molecule has 0 bridgehead atoms. The van der Waals surface area contributed by atoms with Crippen molar-refractivity contribution >= 4 is 17.5 Å². The number of carbonyl (C=O) groups excluding carboxylic acids is 2. The number of para-hydroxylation sites is 2. The SMILES string of the molecule is O=C(Nc1ccccc1)c1cn2c(n1)C(c1ccccc1)N(C(=O)COc1ccccc1)CC2. The predicted octanol–water partition coefficient (Wildman–Crippen LogP) is 4.15. The van der Waals surface area contributed by atoms with Crippen molar-refractivity contribution in [3.05, 3.63) is 114 Å². The van der Waals surface area contributed by atoms with Gasteiger partial charge in [0.2, 0.25) is 0 Å². The van der Waals surface area contributed by atoms with Crippen LogP contribution in [0.2, 0.25) is 0 Å². The zero-order valence-corrected chi connectivity index (χ0v) is 18.5. The van der Waals surface area contributed by atoms with Gasteiger partial charge in [-0.3, -0.25) is 9.59 Å². The first kappa shape index (κ1) is 21.5. The minimum absolute atomic E-state index is 0.0740. The number of anilines is 1. The van der Waals surface area contributed by atoms with Crippen LogP contribution in [-0.2, 0) is 11.3 Å². The standard InChI is InChI=1S/C27H24N4O3/c32-24(19-34-22-14-8-3-9-15-22)31-17-16-30-18-23(27(33)28-21-12-6-2-7-13-21)29-26(30)25(31)20-10-4-1-5-11-20/h1-15,18,25H,16-17,19H2,(H,28,33). The minimum Gasteiger partial charge on any atom is -0.484 e. The third kappa shape index (κ3) is 4.54. The van der Waals surface area contributed by atoms with E-state index in [4.69, 9.17) is 4.74 Å². The number of benzene rings is 3. The summed E-state index contributed by atoms with van der Waals surface area (Å²) in [6.45, 7) is 0.955. The van der Waals surface area contributed by atoms with Crippen LogP contribution < -0.4 is 10.1 Å². The summed E-state index contributed by atoms with van der Waals surface area (Å²) >= 11 is 0. The molecule has 0 saturated carbocycles. The Bertz CT molecular complexity index is 1270. The summed E-state index contributed by atoms with van der Waals surface area (Å²) in [4.78, 5) is 32.5. The van der Waals surface area contributed by atoms with Gasteiger partial charge in [-0.15, -0.1) is 0 Å². The Morgan fingerprint density at radius 3 is 2.24 bits per heavy atom. The maximum Gasteiger partial charge on any atom is 0.275 e. The van der Waals surface area contributed by atoms with E-state index >= 15 is 0 Å². The average Bonchev–Trinajstić information content (AvgIpc) is 3.33. The highest BCUT2D eigenvalue weighted by atomic mass is 16.5. The summed E-state index contributed by atoms with van der Waals surface area (Å²) in [5.41, 5.74) is 1.94. The Kier molecular flexibility index (Phi) is 6.07. The molecule has 7 heteroatoms. The van der Waals surface area contributed by atoms with Gasteiger partial charge in [0.1, 0.15) is 23.3 Å². The predicted molar refractivity (Wildman–Crippen MR) is 129 cm³/mol. The normalized spacial score (nSPS) is 14.8. The zero-order valence-electron chi connectivity index (χ0n) is 18.5. The van der Waals surface area contributed by atoms with Gasteiger partial charge in [0.15, 0.2) is 6.61 Å². The number of carbonyl (C=O) groups is 2. The largest absolute Gasteiger partial charge is 0.484 e. The molecule has 0 radical (unpaired) electrons. The van der Waals surface area contributed by atoms with Crippen LogP contribution >= 0.6 is 0 Å². The van der Waals surface area contributed by atoms with E-state index in [-0.39, 0.29) is 18.4 Å². The fourth-order valence-electron chi connectivity index (χ4n) is 4.12. The molecule has 34 heavy (non-hydrogen) atoms. The topological polar surface area (TPSA) is 76.5 Å². The first-order valence-corrected chi connectivity index (χ1v) is 11.1. The van der Waals surface area contributed by atoms with E-state index in [1.807, 2.05) is 95.6 Å². The molecule has 7 nitrogen and oxygen atoms in total. The van der Waals surface area contributed by atoms with E-state index in [1.54, 1.807) is 11.1 Å². The van der Waals surface area contributed by atoms with E-state index in [0.717, 1.165) is 5.56 Å². The molecule has 0 spiro atoms. The molecule has 170 valence electrons. The monoisotopic (exact) mass is 452 g/mol. The molecule has 5 rings (SSSR count). The van der Waals surface area contributed by atoms with Crippen molar-refractivity contribution in [3.8, 4) is 5.75 Å².